The highest BCUT2D eigenvalue weighted by Gasteiger charge is 2.52. The Bertz CT molecular complexity index is 1970. The normalized spacial score (nSPS) is 16.5. The fourth-order valence-corrected chi connectivity index (χ4v) is 7.20. The summed E-state index contributed by atoms with van der Waals surface area (Å²) in [5, 5.41) is 5.97. The number of hydrogen-bond acceptors (Lipinski definition) is 5. The molecule has 1 aliphatic heterocycles. The fraction of sp³-hybridized carbons (Fsp3) is 0.444. The number of H-pyrrole nitrogens is 1. The van der Waals surface area contributed by atoms with E-state index in [-0.39, 0.29) is 35.6 Å². The van der Waals surface area contributed by atoms with Crippen molar-refractivity contribution in [2.24, 2.45) is 7.05 Å². The second kappa shape index (κ2) is 12.1. The van der Waals surface area contributed by atoms with Crippen molar-refractivity contribution in [1.82, 2.24) is 29.7 Å². The van der Waals surface area contributed by atoms with E-state index in [0.29, 0.717) is 30.5 Å². The van der Waals surface area contributed by atoms with Gasteiger partial charge in [0, 0.05) is 43.0 Å². The lowest BCUT2D eigenvalue weighted by Crippen LogP contribution is -2.35. The summed E-state index contributed by atoms with van der Waals surface area (Å²) in [6.07, 6.45) is 3.25. The Morgan fingerprint density at radius 2 is 1.65 bits per heavy atom. The quantitative estimate of drug-likeness (QED) is 0.274. The van der Waals surface area contributed by atoms with Crippen molar-refractivity contribution in [2.45, 2.75) is 71.4 Å². The molecule has 1 saturated carbocycles. The van der Waals surface area contributed by atoms with E-state index >= 15 is 0 Å². The first-order chi connectivity index (χ1) is 21.9. The van der Waals surface area contributed by atoms with Gasteiger partial charge in [-0.1, -0.05) is 6.07 Å². The fourth-order valence-electron chi connectivity index (χ4n) is 7.20. The minimum Gasteiger partial charge on any atom is -0.356 e. The van der Waals surface area contributed by atoms with Gasteiger partial charge < -0.3 is 20.5 Å². The number of rotatable bonds is 8. The van der Waals surface area contributed by atoms with E-state index in [1.54, 1.807) is 4.57 Å². The highest BCUT2D eigenvalue weighted by Crippen LogP contribution is 2.51. The predicted octanol–water partition coefficient (Wildman–Crippen LogP) is 3.98. The van der Waals surface area contributed by atoms with Gasteiger partial charge in [-0.25, -0.2) is 4.79 Å². The van der Waals surface area contributed by atoms with Crippen molar-refractivity contribution >= 4 is 22.8 Å². The van der Waals surface area contributed by atoms with Crippen molar-refractivity contribution in [3.8, 4) is 11.1 Å². The summed E-state index contributed by atoms with van der Waals surface area (Å²) in [7, 11) is 3.92. The Morgan fingerprint density at radius 1 is 0.935 bits per heavy atom. The molecule has 0 radical (unpaired) electrons. The average molecular weight is 625 g/mol. The van der Waals surface area contributed by atoms with Gasteiger partial charge in [-0.2, -0.15) is 0 Å². The van der Waals surface area contributed by atoms with E-state index in [1.807, 2.05) is 75.7 Å². The van der Waals surface area contributed by atoms with Gasteiger partial charge in [-0.3, -0.25) is 23.5 Å². The van der Waals surface area contributed by atoms with Gasteiger partial charge in [0.25, 0.3) is 11.5 Å². The van der Waals surface area contributed by atoms with Crippen LogP contribution in [-0.4, -0.2) is 57.5 Å². The predicted molar refractivity (Wildman–Crippen MR) is 180 cm³/mol. The average Bonchev–Trinajstić information content (AvgIpc) is 3.79. The molecule has 1 aliphatic carbocycles. The zero-order valence-corrected chi connectivity index (χ0v) is 27.7. The minimum atomic E-state index is -0.690. The molecule has 46 heavy (non-hydrogen) atoms. The Labute approximate surface area is 268 Å². The molecule has 2 fully saturated rings. The van der Waals surface area contributed by atoms with Crippen LogP contribution in [0.3, 0.4) is 0 Å². The lowest BCUT2D eigenvalue weighted by molar-refractivity contribution is -0.123. The van der Waals surface area contributed by atoms with E-state index in [1.165, 1.54) is 0 Å². The highest BCUT2D eigenvalue weighted by atomic mass is 16.2. The molecule has 2 amide bonds. The number of likely N-dealkylation sites (N-methyl/N-ethyl adjacent to an activating group) is 1. The van der Waals surface area contributed by atoms with Crippen molar-refractivity contribution in [2.75, 3.05) is 26.7 Å². The number of likely N-dealkylation sites (tertiary alicyclic amines) is 1. The van der Waals surface area contributed by atoms with E-state index in [4.69, 9.17) is 0 Å². The number of carbonyl (C=O) groups excluding carboxylic acids is 2. The van der Waals surface area contributed by atoms with E-state index in [0.717, 1.165) is 70.5 Å². The summed E-state index contributed by atoms with van der Waals surface area (Å²) in [4.78, 5) is 58.4. The number of nitrogens with one attached hydrogen (secondary N) is 3. The number of fused-ring (bicyclic) bond motifs is 1. The molecular formula is C36H44N6O4. The van der Waals surface area contributed by atoms with Gasteiger partial charge in [-0.15, -0.1) is 0 Å². The molecule has 0 spiro atoms. The smallest absolute Gasteiger partial charge is 0.329 e. The van der Waals surface area contributed by atoms with Crippen molar-refractivity contribution in [3.63, 3.8) is 0 Å². The summed E-state index contributed by atoms with van der Waals surface area (Å²) >= 11 is 0. The number of aromatic amines is 1. The summed E-state index contributed by atoms with van der Waals surface area (Å²) in [6.45, 7) is 10.00. The molecule has 0 unspecified atom stereocenters. The van der Waals surface area contributed by atoms with Gasteiger partial charge >= 0.3 is 5.69 Å². The lowest BCUT2D eigenvalue weighted by atomic mass is 9.85. The Kier molecular flexibility index (Phi) is 8.27. The molecule has 1 saturated heterocycles. The number of imidazole rings is 1. The Morgan fingerprint density at radius 3 is 2.30 bits per heavy atom. The summed E-state index contributed by atoms with van der Waals surface area (Å²) in [6, 6.07) is 12.0. The van der Waals surface area contributed by atoms with Crippen LogP contribution < -0.4 is 21.9 Å². The molecule has 3 heterocycles. The first-order valence-electron chi connectivity index (χ1n) is 16.3. The number of aryl methyl sites for hydroxylation is 3. The monoisotopic (exact) mass is 624 g/mol. The number of nitrogens with zero attached hydrogens (tertiary/aromatic N) is 3. The van der Waals surface area contributed by atoms with Gasteiger partial charge in [0.1, 0.15) is 0 Å². The van der Waals surface area contributed by atoms with Crippen molar-refractivity contribution in [1.29, 1.82) is 0 Å². The first kappa shape index (κ1) is 31.5. The second-order valence-electron chi connectivity index (χ2n) is 13.2. The number of hydrogen-bond donors (Lipinski definition) is 3. The summed E-state index contributed by atoms with van der Waals surface area (Å²) < 4.78 is 3.65. The number of aromatic nitrogens is 3. The lowest BCUT2D eigenvalue weighted by Gasteiger charge is -2.29. The van der Waals surface area contributed by atoms with E-state index in [2.05, 4.69) is 27.6 Å². The van der Waals surface area contributed by atoms with Crippen LogP contribution in [0.25, 0.3) is 22.2 Å². The topological polar surface area (TPSA) is 121 Å². The zero-order valence-electron chi connectivity index (χ0n) is 27.7. The maximum Gasteiger partial charge on any atom is 0.329 e. The third kappa shape index (κ3) is 5.48. The Balaban J connectivity index is 1.43. The Hall–Kier alpha value is -4.44. The first-order valence-corrected chi connectivity index (χ1v) is 16.3. The van der Waals surface area contributed by atoms with Crippen LogP contribution in [0.15, 0.2) is 46.0 Å². The van der Waals surface area contributed by atoms with Crippen LogP contribution in [-0.2, 0) is 23.8 Å². The van der Waals surface area contributed by atoms with E-state index in [9.17, 15) is 19.2 Å². The third-order valence-corrected chi connectivity index (χ3v) is 10.1. The molecule has 2 aromatic carbocycles. The van der Waals surface area contributed by atoms with Gasteiger partial charge in [-0.05, 0) is 132 Å². The molecule has 0 atom stereocenters. The molecular weight excluding hydrogens is 580 g/mol. The van der Waals surface area contributed by atoms with Crippen LogP contribution in [0.2, 0.25) is 0 Å². The largest absolute Gasteiger partial charge is 0.356 e. The van der Waals surface area contributed by atoms with Gasteiger partial charge in [0.2, 0.25) is 5.91 Å². The molecule has 6 rings (SSSR count). The molecule has 10 nitrogen and oxygen atoms in total. The number of benzene rings is 2. The molecule has 4 aromatic rings. The molecule has 3 N–H and O–H groups in total. The van der Waals surface area contributed by atoms with Gasteiger partial charge in [0.15, 0.2) is 0 Å². The van der Waals surface area contributed by atoms with Crippen LogP contribution in [0, 0.1) is 20.8 Å². The maximum absolute atomic E-state index is 13.8. The zero-order chi connectivity index (χ0) is 32.9. The number of piperidine rings is 1. The highest BCUT2D eigenvalue weighted by molar-refractivity contribution is 6.00. The number of pyridine rings is 1. The minimum absolute atomic E-state index is 0.0269. The van der Waals surface area contributed by atoms with E-state index < -0.39 is 5.41 Å². The summed E-state index contributed by atoms with van der Waals surface area (Å²) in [5.74, 6) is -0.343. The SMILES string of the molecule is CCNC(=O)C1(c2cc(-c3ccc4c(c3)n(C)c(=O)n4C3CCN(C)CC3)cc(C(=O)NCc3c(C)cc(C)[nH]c3=O)c2C)CC1. The van der Waals surface area contributed by atoms with Crippen LogP contribution in [0.5, 0.6) is 0 Å². The molecule has 242 valence electrons. The van der Waals surface area contributed by atoms with Crippen molar-refractivity contribution in [3.05, 3.63) is 90.7 Å². The second-order valence-corrected chi connectivity index (χ2v) is 13.2. The maximum atomic E-state index is 13.8. The molecule has 10 heteroatoms. The third-order valence-electron chi connectivity index (χ3n) is 10.1. The molecule has 2 aromatic heterocycles. The van der Waals surface area contributed by atoms with Crippen LogP contribution in [0.1, 0.15) is 77.0 Å². The summed E-state index contributed by atoms with van der Waals surface area (Å²) in [5.41, 5.74) is 6.58. The molecule has 0 bridgehead atoms. The number of amides is 2. The van der Waals surface area contributed by atoms with Crippen LogP contribution >= 0.6 is 0 Å². The number of carbonyl (C=O) groups is 2. The van der Waals surface area contributed by atoms with Crippen LogP contribution in [0.4, 0.5) is 0 Å². The standard InChI is InChI=1S/C36H44N6O4/c1-7-37-34(45)36(12-13-36)29-18-25(17-27(23(29)4)32(43)38-20-28-21(2)16-22(3)39-33(28)44)24-8-9-30-31(19-24)41(6)35(46)42(30)26-10-14-40(5)15-11-26/h8-9,16-19,26H,7,10-15,20H2,1-6H3,(H,37,45)(H,38,43)(H,39,44). The van der Waals surface area contributed by atoms with Gasteiger partial charge in [0.05, 0.1) is 16.4 Å². The van der Waals surface area contributed by atoms with Crippen molar-refractivity contribution < 1.29 is 9.59 Å². The molecule has 2 aliphatic rings.